The Labute approximate surface area is 174 Å². The molecule has 2 atom stereocenters. The van der Waals surface area contributed by atoms with Crippen LogP contribution < -0.4 is 10.6 Å². The highest BCUT2D eigenvalue weighted by molar-refractivity contribution is 9.10. The van der Waals surface area contributed by atoms with Gasteiger partial charge in [-0.25, -0.2) is 4.98 Å². The van der Waals surface area contributed by atoms with E-state index in [0.717, 1.165) is 0 Å². The SMILES string of the molecule is N#CC1CCOCC1Nc1nc(Nc2cc(Cl)c(Br)c(CO)c2)ncc1Cl. The van der Waals surface area contributed by atoms with Gasteiger partial charge in [0.05, 0.1) is 42.5 Å². The minimum atomic E-state index is -0.202. The molecule has 1 saturated heterocycles. The first-order valence-electron chi connectivity index (χ1n) is 8.14. The fraction of sp³-hybridized carbons (Fsp3) is 0.353. The van der Waals surface area contributed by atoms with Gasteiger partial charge in [-0.3, -0.25) is 0 Å². The van der Waals surface area contributed by atoms with E-state index in [0.29, 0.717) is 57.2 Å². The zero-order valence-electron chi connectivity index (χ0n) is 14.0. The molecule has 1 aromatic carbocycles. The van der Waals surface area contributed by atoms with E-state index >= 15 is 0 Å². The molecule has 27 heavy (non-hydrogen) atoms. The van der Waals surface area contributed by atoms with Gasteiger partial charge in [-0.05, 0) is 40.0 Å². The molecule has 10 heteroatoms. The molecule has 2 aromatic rings. The Hall–Kier alpha value is -1.63. The van der Waals surface area contributed by atoms with E-state index in [-0.39, 0.29) is 18.6 Å². The number of halogens is 3. The lowest BCUT2D eigenvalue weighted by Gasteiger charge is -2.28. The molecule has 1 aliphatic heterocycles. The van der Waals surface area contributed by atoms with Gasteiger partial charge in [0.2, 0.25) is 5.95 Å². The van der Waals surface area contributed by atoms with Gasteiger partial charge in [-0.15, -0.1) is 0 Å². The van der Waals surface area contributed by atoms with Crippen molar-refractivity contribution in [3.05, 3.63) is 38.4 Å². The molecule has 0 radical (unpaired) electrons. The van der Waals surface area contributed by atoms with Crippen LogP contribution in [-0.2, 0) is 11.3 Å². The van der Waals surface area contributed by atoms with Crippen LogP contribution >= 0.6 is 39.1 Å². The van der Waals surface area contributed by atoms with Gasteiger partial charge in [-0.1, -0.05) is 23.2 Å². The Morgan fingerprint density at radius 1 is 1.37 bits per heavy atom. The molecule has 2 unspecified atom stereocenters. The third-order valence-corrected chi connectivity index (χ3v) is 5.86. The quantitative estimate of drug-likeness (QED) is 0.601. The highest BCUT2D eigenvalue weighted by atomic mass is 79.9. The van der Waals surface area contributed by atoms with Gasteiger partial charge in [-0.2, -0.15) is 10.2 Å². The summed E-state index contributed by atoms with van der Waals surface area (Å²) in [4.78, 5) is 8.56. The lowest BCUT2D eigenvalue weighted by molar-refractivity contribution is 0.0698. The van der Waals surface area contributed by atoms with E-state index < -0.39 is 0 Å². The second-order valence-corrected chi connectivity index (χ2v) is 7.56. The molecule has 3 rings (SSSR count). The highest BCUT2D eigenvalue weighted by Gasteiger charge is 2.26. The summed E-state index contributed by atoms with van der Waals surface area (Å²) in [6, 6.07) is 5.51. The first kappa shape index (κ1) is 20.1. The maximum atomic E-state index is 9.43. The Bertz CT molecular complexity index is 877. The van der Waals surface area contributed by atoms with Crippen LogP contribution in [0, 0.1) is 17.2 Å². The molecule has 0 amide bonds. The average molecular weight is 473 g/mol. The molecule has 0 aliphatic carbocycles. The first-order valence-corrected chi connectivity index (χ1v) is 9.69. The number of benzene rings is 1. The lowest BCUT2D eigenvalue weighted by atomic mass is 9.96. The minimum absolute atomic E-state index is 0.165. The summed E-state index contributed by atoms with van der Waals surface area (Å²) in [5.41, 5.74) is 1.25. The van der Waals surface area contributed by atoms with Crippen LogP contribution in [0.25, 0.3) is 0 Å². The second kappa shape index (κ2) is 9.04. The smallest absolute Gasteiger partial charge is 0.229 e. The van der Waals surface area contributed by atoms with Crippen LogP contribution in [0.4, 0.5) is 17.5 Å². The summed E-state index contributed by atoms with van der Waals surface area (Å²) in [6.07, 6.45) is 2.13. The monoisotopic (exact) mass is 471 g/mol. The van der Waals surface area contributed by atoms with Crippen molar-refractivity contribution in [3.8, 4) is 6.07 Å². The molecule has 0 spiro atoms. The number of ether oxygens (including phenoxy) is 1. The average Bonchev–Trinajstić information content (AvgIpc) is 2.67. The van der Waals surface area contributed by atoms with Crippen LogP contribution in [0.2, 0.25) is 10.0 Å². The van der Waals surface area contributed by atoms with E-state index in [1.54, 1.807) is 12.1 Å². The van der Waals surface area contributed by atoms with Crippen LogP contribution in [0.1, 0.15) is 12.0 Å². The molecule has 0 saturated carbocycles. The van der Waals surface area contributed by atoms with Crippen molar-refractivity contribution in [1.29, 1.82) is 5.26 Å². The van der Waals surface area contributed by atoms with Gasteiger partial charge in [0, 0.05) is 16.8 Å². The zero-order valence-corrected chi connectivity index (χ0v) is 17.1. The van der Waals surface area contributed by atoms with Crippen LogP contribution in [-0.4, -0.2) is 34.3 Å². The first-order chi connectivity index (χ1) is 13.0. The van der Waals surface area contributed by atoms with Crippen molar-refractivity contribution in [3.63, 3.8) is 0 Å². The predicted octanol–water partition coefficient (Wildman–Crippen LogP) is 4.12. The second-order valence-electron chi connectivity index (χ2n) is 5.95. The van der Waals surface area contributed by atoms with E-state index in [1.165, 1.54) is 6.20 Å². The minimum Gasteiger partial charge on any atom is -0.392 e. The van der Waals surface area contributed by atoms with Gasteiger partial charge in [0.15, 0.2) is 5.82 Å². The van der Waals surface area contributed by atoms with Crippen molar-refractivity contribution in [2.75, 3.05) is 23.8 Å². The third kappa shape index (κ3) is 4.81. The van der Waals surface area contributed by atoms with Crippen LogP contribution in [0.3, 0.4) is 0 Å². The molecule has 7 nitrogen and oxygen atoms in total. The number of aliphatic hydroxyl groups is 1. The lowest BCUT2D eigenvalue weighted by Crippen LogP contribution is -2.38. The van der Waals surface area contributed by atoms with Crippen LogP contribution in [0.5, 0.6) is 0 Å². The molecule has 1 aromatic heterocycles. The number of anilines is 3. The number of hydrogen-bond acceptors (Lipinski definition) is 7. The van der Waals surface area contributed by atoms with Crippen molar-refractivity contribution < 1.29 is 9.84 Å². The molecule has 1 aliphatic rings. The number of nitrogens with zero attached hydrogens (tertiary/aromatic N) is 3. The third-order valence-electron chi connectivity index (χ3n) is 4.12. The molecule has 2 heterocycles. The van der Waals surface area contributed by atoms with Crippen molar-refractivity contribution in [1.82, 2.24) is 9.97 Å². The standard InChI is InChI=1S/C17H16BrCl2N5O2/c18-15-10(7-26)3-11(4-12(15)19)23-17-22-6-13(20)16(25-17)24-14-8-27-2-1-9(14)5-21/h3-4,6,9,14,26H,1-2,7-8H2,(H2,22,23,24,25). The van der Waals surface area contributed by atoms with Gasteiger partial charge >= 0.3 is 0 Å². The molecule has 1 fully saturated rings. The molecule has 142 valence electrons. The number of nitriles is 1. The van der Waals surface area contributed by atoms with Crippen molar-refractivity contribution >= 4 is 56.6 Å². The summed E-state index contributed by atoms with van der Waals surface area (Å²) in [5.74, 6) is 0.531. The maximum Gasteiger partial charge on any atom is 0.229 e. The van der Waals surface area contributed by atoms with Gasteiger partial charge in [0.25, 0.3) is 0 Å². The van der Waals surface area contributed by atoms with Gasteiger partial charge < -0.3 is 20.5 Å². The Kier molecular flexibility index (Phi) is 6.73. The number of aliphatic hydroxyl groups excluding tert-OH is 1. The van der Waals surface area contributed by atoms with Gasteiger partial charge in [0.1, 0.15) is 5.02 Å². The normalized spacial score (nSPS) is 19.4. The van der Waals surface area contributed by atoms with E-state index in [4.69, 9.17) is 27.9 Å². The summed E-state index contributed by atoms with van der Waals surface area (Å²) >= 11 is 15.7. The molecule has 3 N–H and O–H groups in total. The highest BCUT2D eigenvalue weighted by Crippen LogP contribution is 2.32. The topological polar surface area (TPSA) is 103 Å². The molecule has 0 bridgehead atoms. The van der Waals surface area contributed by atoms with E-state index in [2.05, 4.69) is 42.6 Å². The number of hydrogen-bond donors (Lipinski definition) is 3. The largest absolute Gasteiger partial charge is 0.392 e. The van der Waals surface area contributed by atoms with E-state index in [1.807, 2.05) is 0 Å². The van der Waals surface area contributed by atoms with Crippen LogP contribution in [0.15, 0.2) is 22.8 Å². The van der Waals surface area contributed by atoms with Crippen molar-refractivity contribution in [2.24, 2.45) is 5.92 Å². The summed E-state index contributed by atoms with van der Waals surface area (Å²) in [7, 11) is 0. The maximum absolute atomic E-state index is 9.43. The Balaban J connectivity index is 1.81. The number of rotatable bonds is 5. The zero-order chi connectivity index (χ0) is 19.4. The predicted molar refractivity (Wildman–Crippen MR) is 107 cm³/mol. The summed E-state index contributed by atoms with van der Waals surface area (Å²) in [6.45, 7) is 0.809. The number of nitrogens with one attached hydrogen (secondary N) is 2. The summed E-state index contributed by atoms with van der Waals surface area (Å²) in [5, 5.41) is 25.7. The number of aromatic nitrogens is 2. The Morgan fingerprint density at radius 3 is 2.93 bits per heavy atom. The van der Waals surface area contributed by atoms with Crippen molar-refractivity contribution in [2.45, 2.75) is 19.1 Å². The Morgan fingerprint density at radius 2 is 2.19 bits per heavy atom. The fourth-order valence-corrected chi connectivity index (χ4v) is 3.44. The molecular weight excluding hydrogens is 457 g/mol. The summed E-state index contributed by atoms with van der Waals surface area (Å²) < 4.78 is 6.08. The fourth-order valence-electron chi connectivity index (χ4n) is 2.70. The van der Waals surface area contributed by atoms with E-state index in [9.17, 15) is 10.4 Å². The molecular formula is C17H16BrCl2N5O2.